The van der Waals surface area contributed by atoms with Crippen LogP contribution in [-0.4, -0.2) is 58.3 Å². The number of piperidine rings is 1. The Morgan fingerprint density at radius 1 is 1.37 bits per heavy atom. The number of thiophene rings is 1. The van der Waals surface area contributed by atoms with Crippen LogP contribution in [0.5, 0.6) is 0 Å². The van der Waals surface area contributed by atoms with Crippen LogP contribution in [0.25, 0.3) is 0 Å². The first-order chi connectivity index (χ1) is 13.0. The van der Waals surface area contributed by atoms with Crippen LogP contribution in [0.15, 0.2) is 23.3 Å². The lowest BCUT2D eigenvalue weighted by Crippen LogP contribution is -2.48. The third kappa shape index (κ3) is 4.60. The summed E-state index contributed by atoms with van der Waals surface area (Å²) >= 11 is 1.29. The zero-order valence-electron chi connectivity index (χ0n) is 16.1. The molecule has 2 aromatic heterocycles. The van der Waals surface area contributed by atoms with Crippen molar-refractivity contribution in [2.24, 2.45) is 12.0 Å². The molecule has 8 nitrogen and oxygen atoms in total. The fraction of sp³-hybridized carbons (Fsp3) is 0.500. The fourth-order valence-corrected chi connectivity index (χ4v) is 3.80. The maximum absolute atomic E-state index is 12.3. The lowest BCUT2D eigenvalue weighted by atomic mass is 10.1. The monoisotopic (exact) mass is 389 g/mol. The number of rotatable bonds is 4. The van der Waals surface area contributed by atoms with Crippen molar-refractivity contribution in [3.63, 3.8) is 0 Å². The van der Waals surface area contributed by atoms with E-state index in [1.807, 2.05) is 32.1 Å². The van der Waals surface area contributed by atoms with E-state index in [0.717, 1.165) is 43.3 Å². The van der Waals surface area contributed by atoms with Crippen LogP contribution in [-0.2, 0) is 7.05 Å². The van der Waals surface area contributed by atoms with Crippen molar-refractivity contribution in [2.75, 3.05) is 32.5 Å². The van der Waals surface area contributed by atoms with Gasteiger partial charge in [-0.05, 0) is 38.3 Å². The number of aromatic nitrogens is 2. The topological polar surface area (TPSA) is 91.8 Å². The number of carbonyl (C=O) groups excluding carboxylic acids is 1. The van der Waals surface area contributed by atoms with Crippen LogP contribution in [0.4, 0.5) is 10.8 Å². The molecule has 3 heterocycles. The van der Waals surface area contributed by atoms with Gasteiger partial charge < -0.3 is 20.9 Å². The maximum Gasteiger partial charge on any atom is 0.262 e. The Labute approximate surface area is 163 Å². The molecule has 0 radical (unpaired) electrons. The molecular formula is C18H27N7OS. The highest BCUT2D eigenvalue weighted by Crippen LogP contribution is 2.20. The standard InChI is InChI=1S/C18H27N7OS/c1-13-11-21-24(3)16(13)22-18(25-9-5-4-6-10-25)23(2)12-20-17(26)14-7-8-15(19)27-14/h7-8,11H,4-6,9-10,12,19H2,1-3H3,(H,20,26). The Hall–Kier alpha value is -2.55. The number of likely N-dealkylation sites (tertiary alicyclic amines) is 1. The predicted molar refractivity (Wildman–Crippen MR) is 109 cm³/mol. The number of amides is 1. The summed E-state index contributed by atoms with van der Waals surface area (Å²) < 4.78 is 1.78. The number of guanidine groups is 1. The number of nitrogen functional groups attached to an aromatic ring is 1. The summed E-state index contributed by atoms with van der Waals surface area (Å²) in [6.45, 7) is 4.30. The Morgan fingerprint density at radius 2 is 2.11 bits per heavy atom. The third-order valence-electron chi connectivity index (χ3n) is 4.60. The molecule has 1 aliphatic rings. The first kappa shape index (κ1) is 19.2. The lowest BCUT2D eigenvalue weighted by Gasteiger charge is -2.34. The average molecular weight is 390 g/mol. The molecule has 0 saturated carbocycles. The van der Waals surface area contributed by atoms with Gasteiger partial charge in [0.15, 0.2) is 5.82 Å². The van der Waals surface area contributed by atoms with Crippen molar-refractivity contribution in [1.82, 2.24) is 24.9 Å². The van der Waals surface area contributed by atoms with Crippen LogP contribution in [0.3, 0.4) is 0 Å². The Balaban J connectivity index is 1.76. The number of aryl methyl sites for hydroxylation is 2. The average Bonchev–Trinajstić information content (AvgIpc) is 3.24. The van der Waals surface area contributed by atoms with E-state index < -0.39 is 0 Å². The van der Waals surface area contributed by atoms with E-state index in [0.29, 0.717) is 16.5 Å². The van der Waals surface area contributed by atoms with Crippen LogP contribution < -0.4 is 11.1 Å². The summed E-state index contributed by atoms with van der Waals surface area (Å²) in [6, 6.07) is 3.49. The molecule has 0 spiro atoms. The minimum Gasteiger partial charge on any atom is -0.391 e. The number of nitrogens with one attached hydrogen (secondary N) is 1. The van der Waals surface area contributed by atoms with Gasteiger partial charge in [-0.1, -0.05) is 0 Å². The number of aliphatic imine (C=N–C) groups is 1. The minimum absolute atomic E-state index is 0.127. The molecule has 0 unspecified atom stereocenters. The smallest absolute Gasteiger partial charge is 0.262 e. The molecule has 27 heavy (non-hydrogen) atoms. The summed E-state index contributed by atoms with van der Waals surface area (Å²) in [7, 11) is 3.84. The van der Waals surface area contributed by atoms with Crippen molar-refractivity contribution >= 4 is 34.0 Å². The van der Waals surface area contributed by atoms with Crippen LogP contribution >= 0.6 is 11.3 Å². The minimum atomic E-state index is -0.127. The first-order valence-electron chi connectivity index (χ1n) is 9.12. The molecule has 146 valence electrons. The van der Waals surface area contributed by atoms with Crippen LogP contribution in [0, 0.1) is 6.92 Å². The highest BCUT2D eigenvalue weighted by molar-refractivity contribution is 7.17. The van der Waals surface area contributed by atoms with Gasteiger partial charge >= 0.3 is 0 Å². The summed E-state index contributed by atoms with van der Waals surface area (Å²) in [5.74, 6) is 1.56. The highest BCUT2D eigenvalue weighted by Gasteiger charge is 2.20. The van der Waals surface area contributed by atoms with Crippen molar-refractivity contribution in [3.05, 3.63) is 28.8 Å². The number of nitrogens with two attached hydrogens (primary N) is 1. The van der Waals surface area contributed by atoms with E-state index in [1.165, 1.54) is 17.8 Å². The van der Waals surface area contributed by atoms with Crippen LogP contribution in [0.2, 0.25) is 0 Å². The van der Waals surface area contributed by atoms with Gasteiger partial charge in [0.05, 0.1) is 22.7 Å². The number of nitrogens with zero attached hydrogens (tertiary/aromatic N) is 5. The largest absolute Gasteiger partial charge is 0.391 e. The molecule has 0 bridgehead atoms. The number of carbonyl (C=O) groups is 1. The van der Waals surface area contributed by atoms with Gasteiger partial charge in [-0.15, -0.1) is 11.3 Å². The zero-order valence-corrected chi connectivity index (χ0v) is 16.9. The normalized spacial score (nSPS) is 15.1. The molecular weight excluding hydrogens is 362 g/mol. The predicted octanol–water partition coefficient (Wildman–Crippen LogP) is 2.16. The maximum atomic E-state index is 12.3. The van der Waals surface area contributed by atoms with Crippen molar-refractivity contribution in [3.8, 4) is 0 Å². The molecule has 0 atom stereocenters. The quantitative estimate of drug-likeness (QED) is 0.475. The Morgan fingerprint density at radius 3 is 2.70 bits per heavy atom. The molecule has 3 N–H and O–H groups in total. The molecule has 0 aromatic carbocycles. The molecule has 1 saturated heterocycles. The summed E-state index contributed by atoms with van der Waals surface area (Å²) in [4.78, 5) is 22.1. The van der Waals surface area contributed by atoms with Gasteiger partial charge in [-0.3, -0.25) is 9.48 Å². The third-order valence-corrected chi connectivity index (χ3v) is 5.51. The molecule has 1 aliphatic heterocycles. The van der Waals surface area contributed by atoms with Crippen molar-refractivity contribution in [2.45, 2.75) is 26.2 Å². The van der Waals surface area contributed by atoms with E-state index in [1.54, 1.807) is 16.8 Å². The van der Waals surface area contributed by atoms with Gasteiger partial charge in [-0.25, -0.2) is 0 Å². The summed E-state index contributed by atoms with van der Waals surface area (Å²) in [5.41, 5.74) is 6.74. The van der Waals surface area contributed by atoms with Gasteiger partial charge in [-0.2, -0.15) is 10.1 Å². The Bertz CT molecular complexity index is 800. The molecule has 1 fully saturated rings. The van der Waals surface area contributed by atoms with E-state index >= 15 is 0 Å². The summed E-state index contributed by atoms with van der Waals surface area (Å²) in [6.07, 6.45) is 5.36. The fourth-order valence-electron chi connectivity index (χ4n) is 3.11. The van der Waals surface area contributed by atoms with E-state index in [2.05, 4.69) is 15.3 Å². The Kier molecular flexibility index (Phi) is 6.00. The second kappa shape index (κ2) is 8.43. The van der Waals surface area contributed by atoms with Crippen LogP contribution in [0.1, 0.15) is 34.5 Å². The molecule has 9 heteroatoms. The lowest BCUT2D eigenvalue weighted by molar-refractivity contribution is 0.0943. The molecule has 2 aromatic rings. The van der Waals surface area contributed by atoms with E-state index in [9.17, 15) is 4.79 Å². The number of hydrogen-bond donors (Lipinski definition) is 2. The van der Waals surface area contributed by atoms with Gasteiger partial charge in [0.2, 0.25) is 5.96 Å². The number of anilines is 1. The second-order valence-corrected chi connectivity index (χ2v) is 7.91. The van der Waals surface area contributed by atoms with E-state index in [4.69, 9.17) is 10.7 Å². The summed E-state index contributed by atoms with van der Waals surface area (Å²) in [5, 5.41) is 7.87. The van der Waals surface area contributed by atoms with Gasteiger partial charge in [0, 0.05) is 32.7 Å². The first-order valence-corrected chi connectivity index (χ1v) is 9.94. The molecule has 1 amide bonds. The molecule has 0 aliphatic carbocycles. The van der Waals surface area contributed by atoms with Gasteiger partial charge in [0.1, 0.15) is 0 Å². The van der Waals surface area contributed by atoms with Crippen molar-refractivity contribution < 1.29 is 4.79 Å². The second-order valence-electron chi connectivity index (χ2n) is 6.80. The van der Waals surface area contributed by atoms with Gasteiger partial charge in [0.25, 0.3) is 5.91 Å². The highest BCUT2D eigenvalue weighted by atomic mass is 32.1. The van der Waals surface area contributed by atoms with Crippen molar-refractivity contribution in [1.29, 1.82) is 0 Å². The zero-order chi connectivity index (χ0) is 19.4. The van der Waals surface area contributed by atoms with E-state index in [-0.39, 0.29) is 5.91 Å². The molecule has 3 rings (SSSR count). The SMILES string of the molecule is Cc1cnn(C)c1N=C(N(C)CNC(=O)c1ccc(N)s1)N1CCCCC1. The number of hydrogen-bond acceptors (Lipinski definition) is 5.